The van der Waals surface area contributed by atoms with Gasteiger partial charge in [-0.25, -0.2) is 4.39 Å². The van der Waals surface area contributed by atoms with Crippen molar-refractivity contribution in [2.24, 2.45) is 0 Å². The molecular formula is C15H16ClFN2O. The molecule has 1 aliphatic rings. The number of nitrogen functional groups attached to an aromatic ring is 1. The molecule has 1 aromatic heterocycles. The second-order valence-electron chi connectivity index (χ2n) is 5.64. The molecule has 0 saturated heterocycles. The second-order valence-corrected chi connectivity index (χ2v) is 6.04. The van der Waals surface area contributed by atoms with Gasteiger partial charge in [0.25, 0.3) is 0 Å². The van der Waals surface area contributed by atoms with Crippen molar-refractivity contribution in [2.75, 3.05) is 5.73 Å². The molecule has 1 fully saturated rings. The fourth-order valence-electron chi connectivity index (χ4n) is 3.08. The van der Waals surface area contributed by atoms with Crippen LogP contribution in [0.4, 0.5) is 10.2 Å². The first-order chi connectivity index (χ1) is 9.53. The molecule has 0 amide bonds. The number of hydrogen-bond donors (Lipinski definition) is 1. The lowest BCUT2D eigenvalue weighted by Crippen LogP contribution is -2.17. The standard InChI is InChI=1S/C15H16ClFN2O/c1-15(7-2-3-8-15)13-12(14(18)19-20-13)11-9(16)5-4-6-10(11)17/h4-6H,2-3,7-8H2,1H3,(H2,18,19). The molecule has 0 radical (unpaired) electrons. The quantitative estimate of drug-likeness (QED) is 0.884. The van der Waals surface area contributed by atoms with E-state index in [4.69, 9.17) is 21.9 Å². The van der Waals surface area contributed by atoms with Crippen molar-refractivity contribution in [1.29, 1.82) is 0 Å². The number of aromatic nitrogens is 1. The summed E-state index contributed by atoms with van der Waals surface area (Å²) in [6.07, 6.45) is 4.23. The van der Waals surface area contributed by atoms with E-state index in [9.17, 15) is 4.39 Å². The molecule has 3 nitrogen and oxygen atoms in total. The number of rotatable bonds is 2. The maximum atomic E-state index is 14.2. The van der Waals surface area contributed by atoms with Gasteiger partial charge < -0.3 is 10.3 Å². The van der Waals surface area contributed by atoms with Crippen molar-refractivity contribution in [3.63, 3.8) is 0 Å². The van der Waals surface area contributed by atoms with E-state index in [1.54, 1.807) is 12.1 Å². The van der Waals surface area contributed by atoms with Gasteiger partial charge in [-0.3, -0.25) is 0 Å². The van der Waals surface area contributed by atoms with Gasteiger partial charge in [-0.05, 0) is 25.0 Å². The van der Waals surface area contributed by atoms with Crippen molar-refractivity contribution < 1.29 is 8.91 Å². The average Bonchev–Trinajstić information content (AvgIpc) is 2.98. The first kappa shape index (κ1) is 13.4. The van der Waals surface area contributed by atoms with E-state index in [0.717, 1.165) is 25.7 Å². The van der Waals surface area contributed by atoms with E-state index >= 15 is 0 Å². The maximum absolute atomic E-state index is 14.2. The monoisotopic (exact) mass is 294 g/mol. The molecule has 1 saturated carbocycles. The van der Waals surface area contributed by atoms with Crippen molar-refractivity contribution >= 4 is 17.4 Å². The number of hydrogen-bond acceptors (Lipinski definition) is 3. The van der Waals surface area contributed by atoms with Crippen LogP contribution in [0.25, 0.3) is 11.1 Å². The number of benzene rings is 1. The average molecular weight is 295 g/mol. The van der Waals surface area contributed by atoms with Crippen LogP contribution in [0.15, 0.2) is 22.7 Å². The predicted molar refractivity (Wildman–Crippen MR) is 77.1 cm³/mol. The van der Waals surface area contributed by atoms with Gasteiger partial charge in [-0.2, -0.15) is 0 Å². The lowest BCUT2D eigenvalue weighted by molar-refractivity contribution is 0.307. The van der Waals surface area contributed by atoms with Gasteiger partial charge in [0.15, 0.2) is 11.6 Å². The first-order valence-electron chi connectivity index (χ1n) is 6.73. The third kappa shape index (κ3) is 1.99. The molecule has 106 valence electrons. The minimum Gasteiger partial charge on any atom is -0.380 e. The summed E-state index contributed by atoms with van der Waals surface area (Å²) in [5.74, 6) is 0.440. The highest BCUT2D eigenvalue weighted by Gasteiger charge is 2.38. The molecule has 2 N–H and O–H groups in total. The van der Waals surface area contributed by atoms with Crippen molar-refractivity contribution in [1.82, 2.24) is 5.16 Å². The molecule has 2 aromatic rings. The van der Waals surface area contributed by atoms with Crippen LogP contribution >= 0.6 is 11.6 Å². The maximum Gasteiger partial charge on any atom is 0.175 e. The summed E-state index contributed by atoms with van der Waals surface area (Å²) in [4.78, 5) is 0. The van der Waals surface area contributed by atoms with E-state index in [-0.39, 0.29) is 16.8 Å². The zero-order chi connectivity index (χ0) is 14.3. The number of anilines is 1. The Morgan fingerprint density at radius 1 is 1.30 bits per heavy atom. The van der Waals surface area contributed by atoms with Crippen LogP contribution < -0.4 is 5.73 Å². The van der Waals surface area contributed by atoms with Gasteiger partial charge in [0.05, 0.1) is 10.6 Å². The summed E-state index contributed by atoms with van der Waals surface area (Å²) in [6.45, 7) is 2.11. The highest BCUT2D eigenvalue weighted by Crippen LogP contribution is 2.47. The Labute approximate surface area is 121 Å². The van der Waals surface area contributed by atoms with Gasteiger partial charge in [-0.15, -0.1) is 0 Å². The molecule has 0 atom stereocenters. The predicted octanol–water partition coefficient (Wildman–Crippen LogP) is 4.55. The molecule has 1 aliphatic carbocycles. The Balaban J connectivity index is 2.22. The first-order valence-corrected chi connectivity index (χ1v) is 7.11. The molecule has 0 bridgehead atoms. The van der Waals surface area contributed by atoms with Crippen LogP contribution in [0.5, 0.6) is 0 Å². The van der Waals surface area contributed by atoms with Crippen LogP contribution in [0, 0.1) is 5.82 Å². The Kier molecular flexibility index (Phi) is 3.21. The Bertz CT molecular complexity index is 627. The van der Waals surface area contributed by atoms with Crippen LogP contribution in [-0.2, 0) is 5.41 Å². The molecule has 20 heavy (non-hydrogen) atoms. The highest BCUT2D eigenvalue weighted by molar-refractivity contribution is 6.33. The van der Waals surface area contributed by atoms with E-state index < -0.39 is 5.82 Å². The minimum atomic E-state index is -0.407. The summed E-state index contributed by atoms with van der Waals surface area (Å²) in [5.41, 5.74) is 6.56. The van der Waals surface area contributed by atoms with Crippen LogP contribution in [0.1, 0.15) is 38.4 Å². The summed E-state index contributed by atoms with van der Waals surface area (Å²) in [7, 11) is 0. The molecule has 1 aromatic carbocycles. The lowest BCUT2D eigenvalue weighted by atomic mass is 9.82. The molecule has 0 spiro atoms. The Hall–Kier alpha value is -1.55. The van der Waals surface area contributed by atoms with E-state index in [0.29, 0.717) is 16.3 Å². The Morgan fingerprint density at radius 2 is 2.00 bits per heavy atom. The van der Waals surface area contributed by atoms with Crippen molar-refractivity contribution in [3.05, 3.63) is 34.8 Å². The van der Waals surface area contributed by atoms with Gasteiger partial charge in [-0.1, -0.05) is 42.6 Å². The van der Waals surface area contributed by atoms with Crippen molar-refractivity contribution in [2.45, 2.75) is 38.0 Å². The normalized spacial score (nSPS) is 17.6. The Morgan fingerprint density at radius 3 is 2.65 bits per heavy atom. The van der Waals surface area contributed by atoms with E-state index in [1.807, 2.05) is 0 Å². The molecular weight excluding hydrogens is 279 g/mol. The summed E-state index contributed by atoms with van der Waals surface area (Å²) in [5, 5.41) is 4.16. The summed E-state index contributed by atoms with van der Waals surface area (Å²) >= 11 is 6.15. The van der Waals surface area contributed by atoms with Crippen LogP contribution in [-0.4, -0.2) is 5.16 Å². The van der Waals surface area contributed by atoms with Crippen LogP contribution in [0.3, 0.4) is 0 Å². The lowest BCUT2D eigenvalue weighted by Gasteiger charge is -2.21. The molecule has 5 heteroatoms. The number of nitrogens with two attached hydrogens (primary N) is 1. The van der Waals surface area contributed by atoms with E-state index in [1.165, 1.54) is 6.07 Å². The highest BCUT2D eigenvalue weighted by atomic mass is 35.5. The smallest absolute Gasteiger partial charge is 0.175 e. The summed E-state index contributed by atoms with van der Waals surface area (Å²) in [6, 6.07) is 4.59. The topological polar surface area (TPSA) is 52.0 Å². The third-order valence-corrected chi connectivity index (χ3v) is 4.50. The largest absolute Gasteiger partial charge is 0.380 e. The van der Waals surface area contributed by atoms with Crippen molar-refractivity contribution in [3.8, 4) is 11.1 Å². The van der Waals surface area contributed by atoms with Gasteiger partial charge in [0, 0.05) is 11.0 Å². The van der Waals surface area contributed by atoms with E-state index in [2.05, 4.69) is 12.1 Å². The fraction of sp³-hybridized carbons (Fsp3) is 0.400. The minimum absolute atomic E-state index is 0.147. The molecule has 0 unspecified atom stereocenters. The number of halogens is 2. The van der Waals surface area contributed by atoms with Gasteiger partial charge in [0.1, 0.15) is 5.82 Å². The van der Waals surface area contributed by atoms with Gasteiger partial charge in [0.2, 0.25) is 0 Å². The zero-order valence-electron chi connectivity index (χ0n) is 11.2. The number of nitrogens with zero attached hydrogens (tertiary/aromatic N) is 1. The molecule has 3 rings (SSSR count). The fourth-order valence-corrected chi connectivity index (χ4v) is 3.33. The molecule has 1 heterocycles. The van der Waals surface area contributed by atoms with Crippen LogP contribution in [0.2, 0.25) is 5.02 Å². The summed E-state index contributed by atoms with van der Waals surface area (Å²) < 4.78 is 19.6. The third-order valence-electron chi connectivity index (χ3n) is 4.19. The molecule has 0 aliphatic heterocycles. The van der Waals surface area contributed by atoms with Gasteiger partial charge >= 0.3 is 0 Å². The zero-order valence-corrected chi connectivity index (χ0v) is 12.0. The second kappa shape index (κ2) is 4.77. The SMILES string of the molecule is CC1(c2onc(N)c2-c2c(F)cccc2Cl)CCCC1.